The maximum atomic E-state index is 13.6. The SMILES string of the molecule is Cc1cc(C(F)(F)F)nn1CC(=O)N1N=C2/C(=C\c3ccc(Br)cc3)CCC[C@@H]2[C@@H]1c1ccc(Br)cc1. The first kappa shape index (κ1) is 25.9. The Kier molecular flexibility index (Phi) is 7.15. The molecule has 5 rings (SSSR count). The smallest absolute Gasteiger partial charge is 0.271 e. The predicted octanol–water partition coefficient (Wildman–Crippen LogP) is 7.56. The Labute approximate surface area is 229 Å². The van der Waals surface area contributed by atoms with Crippen LogP contribution in [-0.2, 0) is 17.5 Å². The molecule has 0 unspecified atom stereocenters. The number of halogens is 5. The predicted molar refractivity (Wildman–Crippen MR) is 143 cm³/mol. The standard InChI is InChI=1S/C27H23Br2F3N4O/c1-16-13-23(27(30,31)32)33-35(16)15-24(37)36-26(18-7-11-21(29)12-8-18)22-4-2-3-19(25(22)34-36)14-17-5-9-20(28)10-6-17/h5-14,22,26H,2-4,15H2,1H3/b19-14-/t22-,26-/m0/s1. The van der Waals surface area contributed by atoms with Crippen LogP contribution in [0.5, 0.6) is 0 Å². The van der Waals surface area contributed by atoms with Crippen molar-refractivity contribution in [3.63, 3.8) is 0 Å². The van der Waals surface area contributed by atoms with E-state index in [0.29, 0.717) is 0 Å². The van der Waals surface area contributed by atoms with E-state index < -0.39 is 17.8 Å². The number of hydrogen-bond donors (Lipinski definition) is 0. The lowest BCUT2D eigenvalue weighted by atomic mass is 9.77. The Balaban J connectivity index is 1.51. The van der Waals surface area contributed by atoms with Crippen molar-refractivity contribution in [3.05, 3.63) is 91.6 Å². The van der Waals surface area contributed by atoms with Crippen molar-refractivity contribution >= 4 is 49.6 Å². The molecule has 1 fully saturated rings. The molecule has 0 radical (unpaired) electrons. The summed E-state index contributed by atoms with van der Waals surface area (Å²) in [5.74, 6) is -0.414. The van der Waals surface area contributed by atoms with Gasteiger partial charge in [0.2, 0.25) is 0 Å². The van der Waals surface area contributed by atoms with Crippen molar-refractivity contribution in [1.29, 1.82) is 0 Å². The van der Waals surface area contributed by atoms with E-state index in [4.69, 9.17) is 5.10 Å². The summed E-state index contributed by atoms with van der Waals surface area (Å²) >= 11 is 6.93. The third-order valence-corrected chi connectivity index (χ3v) is 7.79. The maximum absolute atomic E-state index is 13.6. The van der Waals surface area contributed by atoms with Crippen LogP contribution in [0.25, 0.3) is 6.08 Å². The molecule has 5 nitrogen and oxygen atoms in total. The molecule has 37 heavy (non-hydrogen) atoms. The van der Waals surface area contributed by atoms with E-state index in [2.05, 4.69) is 43.0 Å². The molecule has 2 aliphatic rings. The van der Waals surface area contributed by atoms with Gasteiger partial charge in [-0.25, -0.2) is 5.01 Å². The largest absolute Gasteiger partial charge is 0.435 e. The first-order valence-electron chi connectivity index (χ1n) is 11.8. The normalized spacial score (nSPS) is 20.8. The average Bonchev–Trinajstić information content (AvgIpc) is 3.43. The number of allylic oxidation sites excluding steroid dienone is 1. The number of carbonyl (C=O) groups is 1. The monoisotopic (exact) mass is 634 g/mol. The van der Waals surface area contributed by atoms with Gasteiger partial charge < -0.3 is 0 Å². The van der Waals surface area contributed by atoms with Gasteiger partial charge in [-0.1, -0.05) is 56.1 Å². The lowest BCUT2D eigenvalue weighted by Gasteiger charge is -2.29. The van der Waals surface area contributed by atoms with Crippen LogP contribution in [0.1, 0.15) is 47.8 Å². The summed E-state index contributed by atoms with van der Waals surface area (Å²) in [5.41, 5.74) is 3.16. The molecule has 1 aliphatic carbocycles. The molecule has 2 atom stereocenters. The number of carbonyl (C=O) groups excluding carboxylic acids is 1. The molecule has 2 heterocycles. The van der Waals surface area contributed by atoms with Gasteiger partial charge in [-0.3, -0.25) is 9.48 Å². The number of fused-ring (bicyclic) bond motifs is 1. The summed E-state index contributed by atoms with van der Waals surface area (Å²) < 4.78 is 42.5. The summed E-state index contributed by atoms with van der Waals surface area (Å²) in [5, 5.41) is 9.92. The van der Waals surface area contributed by atoms with Gasteiger partial charge >= 0.3 is 6.18 Å². The summed E-state index contributed by atoms with van der Waals surface area (Å²) in [6.45, 7) is 1.18. The fourth-order valence-corrected chi connectivity index (χ4v) is 5.50. The Bertz CT molecular complexity index is 1380. The molecule has 10 heteroatoms. The summed E-state index contributed by atoms with van der Waals surface area (Å²) in [4.78, 5) is 13.6. The van der Waals surface area contributed by atoms with Gasteiger partial charge in [0.1, 0.15) is 6.54 Å². The molecule has 192 valence electrons. The summed E-state index contributed by atoms with van der Waals surface area (Å²) in [7, 11) is 0. The van der Waals surface area contributed by atoms with Crippen LogP contribution in [0.3, 0.4) is 0 Å². The second-order valence-corrected chi connectivity index (χ2v) is 11.1. The highest BCUT2D eigenvalue weighted by Gasteiger charge is 2.44. The zero-order chi connectivity index (χ0) is 26.3. The fourth-order valence-electron chi connectivity index (χ4n) is 4.97. The van der Waals surface area contributed by atoms with Gasteiger partial charge in [0.25, 0.3) is 5.91 Å². The third-order valence-electron chi connectivity index (χ3n) is 6.74. The molecule has 0 N–H and O–H groups in total. The Morgan fingerprint density at radius 2 is 1.73 bits per heavy atom. The highest BCUT2D eigenvalue weighted by Crippen LogP contribution is 2.44. The molecule has 0 bridgehead atoms. The number of nitrogens with zero attached hydrogens (tertiary/aromatic N) is 4. The zero-order valence-electron chi connectivity index (χ0n) is 19.8. The molecule has 1 aliphatic heterocycles. The number of amides is 1. The second-order valence-electron chi connectivity index (χ2n) is 9.27. The fraction of sp³-hybridized carbons (Fsp3) is 0.296. The number of rotatable bonds is 4. The Morgan fingerprint density at radius 3 is 2.35 bits per heavy atom. The van der Waals surface area contributed by atoms with Gasteiger partial charge in [-0.05, 0) is 79.3 Å². The minimum absolute atomic E-state index is 0.00923. The lowest BCUT2D eigenvalue weighted by molar-refractivity contribution is -0.142. The molecule has 1 saturated carbocycles. The minimum atomic E-state index is -4.57. The van der Waals surface area contributed by atoms with E-state index in [9.17, 15) is 18.0 Å². The number of hydrogen-bond acceptors (Lipinski definition) is 3. The highest BCUT2D eigenvalue weighted by molar-refractivity contribution is 9.10. The lowest BCUT2D eigenvalue weighted by Crippen LogP contribution is -2.34. The number of aryl methyl sites for hydroxylation is 1. The molecule has 0 spiro atoms. The van der Waals surface area contributed by atoms with E-state index in [1.807, 2.05) is 48.5 Å². The van der Waals surface area contributed by atoms with Crippen LogP contribution in [-0.4, -0.2) is 26.4 Å². The van der Waals surface area contributed by atoms with Crippen LogP contribution in [0.2, 0.25) is 0 Å². The van der Waals surface area contributed by atoms with Crippen LogP contribution in [0.15, 0.2) is 74.2 Å². The maximum Gasteiger partial charge on any atom is 0.435 e. The van der Waals surface area contributed by atoms with Crippen molar-refractivity contribution in [3.8, 4) is 0 Å². The van der Waals surface area contributed by atoms with Crippen molar-refractivity contribution in [2.75, 3.05) is 0 Å². The van der Waals surface area contributed by atoms with Crippen LogP contribution >= 0.6 is 31.9 Å². The van der Waals surface area contributed by atoms with Gasteiger partial charge in [-0.2, -0.15) is 23.4 Å². The van der Waals surface area contributed by atoms with Crippen LogP contribution < -0.4 is 0 Å². The first-order valence-corrected chi connectivity index (χ1v) is 13.4. The zero-order valence-corrected chi connectivity index (χ0v) is 23.0. The van der Waals surface area contributed by atoms with E-state index >= 15 is 0 Å². The Morgan fingerprint density at radius 1 is 1.08 bits per heavy atom. The van der Waals surface area contributed by atoms with E-state index in [0.717, 1.165) is 61.4 Å². The number of hydrazone groups is 1. The molecule has 1 aromatic heterocycles. The number of benzene rings is 2. The van der Waals surface area contributed by atoms with Gasteiger partial charge in [0, 0.05) is 20.6 Å². The molecule has 0 saturated heterocycles. The van der Waals surface area contributed by atoms with Gasteiger partial charge in [0.15, 0.2) is 5.69 Å². The van der Waals surface area contributed by atoms with E-state index in [-0.39, 0.29) is 24.2 Å². The minimum Gasteiger partial charge on any atom is -0.271 e. The molecule has 1 amide bonds. The van der Waals surface area contributed by atoms with Crippen molar-refractivity contribution in [2.45, 2.75) is 44.9 Å². The van der Waals surface area contributed by atoms with Crippen molar-refractivity contribution in [1.82, 2.24) is 14.8 Å². The van der Waals surface area contributed by atoms with Gasteiger partial charge in [0.05, 0.1) is 11.8 Å². The third kappa shape index (κ3) is 5.45. The van der Waals surface area contributed by atoms with Crippen molar-refractivity contribution < 1.29 is 18.0 Å². The quantitative estimate of drug-likeness (QED) is 0.297. The number of alkyl halides is 3. The van der Waals surface area contributed by atoms with Crippen molar-refractivity contribution in [2.24, 2.45) is 11.0 Å². The molecule has 2 aromatic carbocycles. The molecular formula is C27H23Br2F3N4O. The van der Waals surface area contributed by atoms with Crippen LogP contribution in [0, 0.1) is 12.8 Å². The highest BCUT2D eigenvalue weighted by atomic mass is 79.9. The summed E-state index contributed by atoms with van der Waals surface area (Å²) in [6, 6.07) is 16.4. The van der Waals surface area contributed by atoms with E-state index in [1.54, 1.807) is 0 Å². The van der Waals surface area contributed by atoms with E-state index in [1.165, 1.54) is 11.9 Å². The topological polar surface area (TPSA) is 50.5 Å². The Hall–Kier alpha value is -2.72. The molecular weight excluding hydrogens is 613 g/mol. The average molecular weight is 636 g/mol. The first-order chi connectivity index (χ1) is 17.6. The molecule has 3 aromatic rings. The van der Waals surface area contributed by atoms with Gasteiger partial charge in [-0.15, -0.1) is 0 Å². The summed E-state index contributed by atoms with van der Waals surface area (Å²) in [6.07, 6.45) is 0.188. The second kappa shape index (κ2) is 10.2. The number of aromatic nitrogens is 2. The van der Waals surface area contributed by atoms with Crippen LogP contribution in [0.4, 0.5) is 13.2 Å².